The average molecular weight is 507 g/mol. The molecular weight excluding hydrogens is 467 g/mol. The molecule has 8 heteroatoms. The minimum absolute atomic E-state index is 0. The van der Waals surface area contributed by atoms with Crippen molar-refractivity contribution in [2.24, 2.45) is 4.40 Å². The molecule has 2 aromatic rings. The molecular formula is C27H39FN2O4S. The number of sulfonamides is 1. The summed E-state index contributed by atoms with van der Waals surface area (Å²) in [5, 5.41) is 11.8. The van der Waals surface area contributed by atoms with Crippen LogP contribution in [0.25, 0.3) is 0 Å². The number of ether oxygens (including phenoxy) is 1. The Balaban J connectivity index is 0.00000432. The van der Waals surface area contributed by atoms with E-state index in [1.54, 1.807) is 32.0 Å². The zero-order valence-electron chi connectivity index (χ0n) is 20.1. The summed E-state index contributed by atoms with van der Waals surface area (Å²) >= 11 is 0. The van der Waals surface area contributed by atoms with E-state index in [0.717, 1.165) is 24.9 Å². The average Bonchev–Trinajstić information content (AvgIpc) is 2.77. The van der Waals surface area contributed by atoms with Gasteiger partial charge in [0.2, 0.25) is 5.90 Å². The van der Waals surface area contributed by atoms with Crippen LogP contribution < -0.4 is 5.32 Å². The second kappa shape index (κ2) is 12.6. The molecule has 2 atom stereocenters. The largest absolute Gasteiger partial charge is 0.473 e. The van der Waals surface area contributed by atoms with Crippen molar-refractivity contribution in [2.45, 2.75) is 70.1 Å². The van der Waals surface area contributed by atoms with E-state index in [1.807, 2.05) is 31.3 Å². The first kappa shape index (κ1) is 28.9. The molecule has 0 bridgehead atoms. The Morgan fingerprint density at radius 3 is 2.40 bits per heavy atom. The van der Waals surface area contributed by atoms with E-state index < -0.39 is 32.6 Å². The van der Waals surface area contributed by atoms with Crippen LogP contribution in [0, 0.1) is 5.82 Å². The van der Waals surface area contributed by atoms with Gasteiger partial charge < -0.3 is 15.2 Å². The fraction of sp³-hybridized carbons (Fsp3) is 0.519. The third-order valence-electron chi connectivity index (χ3n) is 6.32. The Labute approximate surface area is 209 Å². The van der Waals surface area contributed by atoms with Crippen molar-refractivity contribution in [3.63, 3.8) is 0 Å². The van der Waals surface area contributed by atoms with Crippen LogP contribution in [-0.4, -0.2) is 50.5 Å². The molecule has 0 saturated carbocycles. The van der Waals surface area contributed by atoms with Crippen LogP contribution in [0.4, 0.5) is 4.39 Å². The first-order valence-electron chi connectivity index (χ1n) is 11.8. The number of nitrogens with one attached hydrogen (secondary N) is 1. The number of aliphatic hydroxyl groups excluding tert-OH is 1. The topological polar surface area (TPSA) is 88.0 Å². The van der Waals surface area contributed by atoms with Gasteiger partial charge in [-0.3, -0.25) is 0 Å². The van der Waals surface area contributed by atoms with Gasteiger partial charge in [0.05, 0.1) is 0 Å². The Bertz CT molecular complexity index is 1080. The summed E-state index contributed by atoms with van der Waals surface area (Å²) in [4.78, 5) is 0. The number of benzene rings is 2. The van der Waals surface area contributed by atoms with Gasteiger partial charge in [-0.2, -0.15) is 0 Å². The second-order valence-electron chi connectivity index (χ2n) is 9.36. The van der Waals surface area contributed by atoms with Crippen molar-refractivity contribution in [3.05, 3.63) is 71.0 Å². The number of aryl methyl sites for hydroxylation is 1. The molecule has 1 aliphatic rings. The van der Waals surface area contributed by atoms with Crippen LogP contribution in [0.3, 0.4) is 0 Å². The monoisotopic (exact) mass is 506 g/mol. The number of halogens is 1. The maximum absolute atomic E-state index is 14.4. The van der Waals surface area contributed by atoms with Crippen molar-refractivity contribution in [1.29, 1.82) is 0 Å². The van der Waals surface area contributed by atoms with E-state index >= 15 is 0 Å². The van der Waals surface area contributed by atoms with Gasteiger partial charge in [-0.15, -0.1) is 4.40 Å². The van der Waals surface area contributed by atoms with Gasteiger partial charge in [0.25, 0.3) is 10.0 Å². The normalized spacial score (nSPS) is 19.2. The van der Waals surface area contributed by atoms with Crippen LogP contribution in [0.5, 0.6) is 0 Å². The Hall–Kier alpha value is -2.29. The minimum Gasteiger partial charge on any atom is -0.473 e. The molecule has 2 aromatic carbocycles. The molecule has 0 amide bonds. The quantitative estimate of drug-likeness (QED) is 0.434. The van der Waals surface area contributed by atoms with Gasteiger partial charge in [0.1, 0.15) is 16.7 Å². The van der Waals surface area contributed by atoms with E-state index in [0.29, 0.717) is 5.56 Å². The van der Waals surface area contributed by atoms with Gasteiger partial charge in [-0.25, -0.2) is 12.8 Å². The number of aliphatic hydroxyl groups is 1. The first-order chi connectivity index (χ1) is 16.2. The summed E-state index contributed by atoms with van der Waals surface area (Å²) in [5.74, 6) is -0.780. The van der Waals surface area contributed by atoms with E-state index in [4.69, 9.17) is 4.74 Å². The van der Waals surface area contributed by atoms with Crippen LogP contribution in [0.1, 0.15) is 63.1 Å². The number of hydrogen-bond acceptors (Lipinski definition) is 5. The molecule has 0 fully saturated rings. The van der Waals surface area contributed by atoms with Crippen molar-refractivity contribution in [3.8, 4) is 0 Å². The molecule has 194 valence electrons. The molecule has 3 rings (SSSR count). The SMILES string of the molecule is C.CNCCCc1ccc(CC2C(C)(C)OC(C[C@@H](CCO)c3ccccc3F)=NS2(=O)=O)cc1. The molecule has 2 N–H and O–H groups in total. The van der Waals surface area contributed by atoms with Crippen molar-refractivity contribution in [2.75, 3.05) is 20.2 Å². The second-order valence-corrected chi connectivity index (χ2v) is 11.1. The highest BCUT2D eigenvalue weighted by molar-refractivity contribution is 7.91. The lowest BCUT2D eigenvalue weighted by Crippen LogP contribution is -2.50. The summed E-state index contributed by atoms with van der Waals surface area (Å²) < 4.78 is 50.8. The molecule has 0 radical (unpaired) electrons. The fourth-order valence-electron chi connectivity index (χ4n) is 4.45. The summed E-state index contributed by atoms with van der Waals surface area (Å²) in [7, 11) is -1.93. The highest BCUT2D eigenvalue weighted by atomic mass is 32.2. The number of hydrogen-bond donors (Lipinski definition) is 2. The van der Waals surface area contributed by atoms with Crippen LogP contribution >= 0.6 is 0 Å². The van der Waals surface area contributed by atoms with Gasteiger partial charge >= 0.3 is 0 Å². The predicted octanol–water partition coefficient (Wildman–Crippen LogP) is 4.62. The number of rotatable bonds is 11. The zero-order chi connectivity index (χ0) is 24.8. The minimum atomic E-state index is -3.86. The smallest absolute Gasteiger partial charge is 0.263 e. The predicted molar refractivity (Wildman–Crippen MR) is 140 cm³/mol. The highest BCUT2D eigenvalue weighted by Gasteiger charge is 2.46. The molecule has 0 spiro atoms. The third-order valence-corrected chi connectivity index (χ3v) is 8.24. The van der Waals surface area contributed by atoms with Crippen LogP contribution in [0.15, 0.2) is 52.9 Å². The summed E-state index contributed by atoms with van der Waals surface area (Å²) in [6.07, 6.45) is 2.65. The highest BCUT2D eigenvalue weighted by Crippen LogP contribution is 2.34. The van der Waals surface area contributed by atoms with Crippen molar-refractivity contribution >= 4 is 15.9 Å². The maximum atomic E-state index is 14.4. The van der Waals surface area contributed by atoms with Gasteiger partial charge in [0, 0.05) is 13.0 Å². The molecule has 1 heterocycles. The van der Waals surface area contributed by atoms with Crippen LogP contribution in [-0.2, 0) is 27.6 Å². The standard InChI is InChI=1S/C26H35FN2O4S.CH4/c1-26(2)24(17-20-12-10-19(11-13-20)7-6-15-28-3)34(31,32)29-25(33-26)18-21(14-16-30)22-8-4-5-9-23(22)27;/h4-5,8-13,21,24,28,30H,6-7,14-18H2,1-3H3;1H4/t21-,24?;/m1./s1. The lowest BCUT2D eigenvalue weighted by Gasteiger charge is -2.38. The third kappa shape index (κ3) is 7.59. The lowest BCUT2D eigenvalue weighted by molar-refractivity contribution is 0.0797. The fourth-order valence-corrected chi connectivity index (χ4v) is 6.14. The van der Waals surface area contributed by atoms with Crippen molar-refractivity contribution in [1.82, 2.24) is 5.32 Å². The number of nitrogens with zero attached hydrogens (tertiary/aromatic N) is 1. The van der Waals surface area contributed by atoms with E-state index in [1.165, 1.54) is 11.6 Å². The van der Waals surface area contributed by atoms with E-state index in [9.17, 15) is 17.9 Å². The van der Waals surface area contributed by atoms with Gasteiger partial charge in [0.15, 0.2) is 0 Å². The Kier molecular flexibility index (Phi) is 10.4. The van der Waals surface area contributed by atoms with E-state index in [-0.39, 0.29) is 39.2 Å². The summed E-state index contributed by atoms with van der Waals surface area (Å²) in [6, 6.07) is 14.3. The molecule has 0 aliphatic carbocycles. The molecule has 1 unspecified atom stereocenters. The molecule has 35 heavy (non-hydrogen) atoms. The Morgan fingerprint density at radius 2 is 1.80 bits per heavy atom. The van der Waals surface area contributed by atoms with Crippen LogP contribution in [0.2, 0.25) is 0 Å². The Morgan fingerprint density at radius 1 is 1.14 bits per heavy atom. The summed E-state index contributed by atoms with van der Waals surface area (Å²) in [5.41, 5.74) is 1.52. The van der Waals surface area contributed by atoms with Gasteiger partial charge in [-0.05, 0) is 81.8 Å². The van der Waals surface area contributed by atoms with Gasteiger partial charge in [-0.1, -0.05) is 49.9 Å². The van der Waals surface area contributed by atoms with E-state index in [2.05, 4.69) is 9.71 Å². The maximum Gasteiger partial charge on any atom is 0.263 e. The molecule has 1 aliphatic heterocycles. The summed E-state index contributed by atoms with van der Waals surface area (Å²) in [6.45, 7) is 4.29. The lowest BCUT2D eigenvalue weighted by atomic mass is 9.91. The zero-order valence-corrected chi connectivity index (χ0v) is 20.9. The first-order valence-corrected chi connectivity index (χ1v) is 13.3. The molecule has 0 saturated heterocycles. The molecule has 6 nitrogen and oxygen atoms in total. The molecule has 0 aromatic heterocycles. The van der Waals surface area contributed by atoms with Crippen molar-refractivity contribution < 1.29 is 22.7 Å².